The summed E-state index contributed by atoms with van der Waals surface area (Å²) in [6.07, 6.45) is 6.07. The van der Waals surface area contributed by atoms with Crippen LogP contribution in [0.5, 0.6) is 0 Å². The van der Waals surface area contributed by atoms with Crippen LogP contribution >= 0.6 is 11.8 Å². The fraction of sp³-hybridized carbons (Fsp3) is 0.650. The van der Waals surface area contributed by atoms with E-state index in [2.05, 4.69) is 10.2 Å². The van der Waals surface area contributed by atoms with Crippen LogP contribution in [-0.2, 0) is 14.8 Å². The third-order valence-corrected chi connectivity index (χ3v) is 9.07. The van der Waals surface area contributed by atoms with Gasteiger partial charge in [0.25, 0.3) is 0 Å². The molecule has 6 nitrogen and oxygen atoms in total. The first kappa shape index (κ1) is 20.2. The van der Waals surface area contributed by atoms with Crippen molar-refractivity contribution in [3.8, 4) is 0 Å². The van der Waals surface area contributed by atoms with Crippen LogP contribution in [0.1, 0.15) is 45.4 Å². The van der Waals surface area contributed by atoms with Gasteiger partial charge in [0.05, 0.1) is 10.6 Å². The number of rotatable bonds is 3. The van der Waals surface area contributed by atoms with Crippen molar-refractivity contribution in [3.05, 3.63) is 18.2 Å². The lowest BCUT2D eigenvalue weighted by Crippen LogP contribution is -2.48. The van der Waals surface area contributed by atoms with Crippen molar-refractivity contribution >= 4 is 33.4 Å². The Morgan fingerprint density at radius 2 is 1.79 bits per heavy atom. The number of likely N-dealkylation sites (tertiary alicyclic amines) is 1. The van der Waals surface area contributed by atoms with Gasteiger partial charge in [-0.2, -0.15) is 4.31 Å². The molecule has 3 aliphatic rings. The molecule has 154 valence electrons. The van der Waals surface area contributed by atoms with E-state index < -0.39 is 10.0 Å². The van der Waals surface area contributed by atoms with E-state index in [0.717, 1.165) is 30.8 Å². The molecule has 0 radical (unpaired) electrons. The predicted octanol–water partition coefficient (Wildman–Crippen LogP) is 3.15. The summed E-state index contributed by atoms with van der Waals surface area (Å²) >= 11 is 1.61. The van der Waals surface area contributed by atoms with Crippen LogP contribution in [0.4, 0.5) is 5.69 Å². The van der Waals surface area contributed by atoms with Gasteiger partial charge in [-0.05, 0) is 57.0 Å². The Morgan fingerprint density at radius 1 is 1.07 bits per heavy atom. The molecule has 1 aromatic rings. The second kappa shape index (κ2) is 8.34. The van der Waals surface area contributed by atoms with Crippen LogP contribution in [0.25, 0.3) is 0 Å². The second-order valence-corrected chi connectivity index (χ2v) is 11.5. The Kier molecular flexibility index (Phi) is 6.01. The summed E-state index contributed by atoms with van der Waals surface area (Å²) in [6, 6.07) is 5.65. The number of benzene rings is 1. The first-order valence-electron chi connectivity index (χ1n) is 10.3. The number of hydrogen-bond donors (Lipinski definition) is 1. The molecule has 0 bridgehead atoms. The van der Waals surface area contributed by atoms with Gasteiger partial charge in [0, 0.05) is 35.7 Å². The number of piperidine rings is 2. The Hall–Kier alpha value is -1.09. The molecule has 1 amide bonds. The van der Waals surface area contributed by atoms with E-state index in [1.165, 1.54) is 19.3 Å². The number of sulfonamides is 1. The van der Waals surface area contributed by atoms with Gasteiger partial charge < -0.3 is 10.2 Å². The van der Waals surface area contributed by atoms with Crippen LogP contribution in [-0.4, -0.2) is 61.0 Å². The number of nitrogens with zero attached hydrogens (tertiary/aromatic N) is 2. The zero-order valence-electron chi connectivity index (χ0n) is 16.4. The fourth-order valence-electron chi connectivity index (χ4n) is 4.47. The first-order chi connectivity index (χ1) is 13.4. The van der Waals surface area contributed by atoms with Crippen LogP contribution < -0.4 is 5.32 Å². The Bertz CT molecular complexity index is 829. The van der Waals surface area contributed by atoms with Crippen molar-refractivity contribution in [2.45, 2.75) is 66.5 Å². The number of nitrogens with one attached hydrogen (secondary N) is 1. The average Bonchev–Trinajstić information content (AvgIpc) is 2.84. The van der Waals surface area contributed by atoms with Gasteiger partial charge in [-0.3, -0.25) is 4.79 Å². The minimum atomic E-state index is -3.54. The molecule has 0 saturated carbocycles. The van der Waals surface area contributed by atoms with Crippen LogP contribution in [0.15, 0.2) is 28.0 Å². The van der Waals surface area contributed by atoms with Gasteiger partial charge in [0.15, 0.2) is 0 Å². The molecule has 1 atom stereocenters. The third kappa shape index (κ3) is 4.25. The van der Waals surface area contributed by atoms with Crippen molar-refractivity contribution in [1.82, 2.24) is 9.21 Å². The minimum Gasteiger partial charge on any atom is -0.325 e. The third-order valence-electron chi connectivity index (χ3n) is 5.99. The number of hydrogen-bond acceptors (Lipinski definition) is 5. The highest BCUT2D eigenvalue weighted by atomic mass is 32.2. The monoisotopic (exact) mass is 423 g/mol. The van der Waals surface area contributed by atoms with Gasteiger partial charge in [-0.25, -0.2) is 8.42 Å². The number of amides is 1. The second-order valence-electron chi connectivity index (χ2n) is 8.07. The average molecular weight is 424 g/mol. The molecule has 0 spiro atoms. The molecule has 8 heteroatoms. The maximum Gasteiger partial charge on any atom is 0.243 e. The Balaban J connectivity index is 1.47. The van der Waals surface area contributed by atoms with Crippen LogP contribution in [0.2, 0.25) is 0 Å². The van der Waals surface area contributed by atoms with E-state index in [-0.39, 0.29) is 16.1 Å². The van der Waals surface area contributed by atoms with Crippen molar-refractivity contribution in [1.29, 1.82) is 0 Å². The van der Waals surface area contributed by atoms with Crippen LogP contribution in [0.3, 0.4) is 0 Å². The highest BCUT2D eigenvalue weighted by Crippen LogP contribution is 2.37. The minimum absolute atomic E-state index is 0.0596. The SMILES string of the molecule is C[C@H]1CC(=O)Nc2cc(S(=O)(=O)N3CCC(N4CCCCC4)CC3)ccc2S1. The number of carbonyl (C=O) groups is 1. The number of thioether (sulfide) groups is 1. The van der Waals surface area contributed by atoms with Crippen LogP contribution in [0, 0.1) is 0 Å². The summed E-state index contributed by atoms with van der Waals surface area (Å²) in [5, 5.41) is 3.05. The molecular formula is C20H29N3O3S2. The lowest BCUT2D eigenvalue weighted by atomic mass is 10.0. The van der Waals surface area contributed by atoms with Crippen molar-refractivity contribution in [2.75, 3.05) is 31.5 Å². The lowest BCUT2D eigenvalue weighted by Gasteiger charge is -2.39. The lowest BCUT2D eigenvalue weighted by molar-refractivity contribution is -0.116. The highest BCUT2D eigenvalue weighted by Gasteiger charge is 2.32. The van der Waals surface area contributed by atoms with Gasteiger partial charge in [-0.15, -0.1) is 11.8 Å². The molecular weight excluding hydrogens is 394 g/mol. The summed E-state index contributed by atoms with van der Waals surface area (Å²) in [4.78, 5) is 15.8. The summed E-state index contributed by atoms with van der Waals surface area (Å²) in [5.41, 5.74) is 0.614. The molecule has 1 aromatic carbocycles. The summed E-state index contributed by atoms with van der Waals surface area (Å²) < 4.78 is 28.0. The zero-order valence-corrected chi connectivity index (χ0v) is 18.0. The topological polar surface area (TPSA) is 69.7 Å². The number of fused-ring (bicyclic) bond motifs is 1. The standard InChI is InChI=1S/C20H29N3O3S2/c1-15-13-20(24)21-18-14-17(5-6-19(18)27-15)28(25,26)23-11-7-16(8-12-23)22-9-3-2-4-10-22/h5-6,14-16H,2-4,7-13H2,1H3,(H,21,24)/t15-/m0/s1. The first-order valence-corrected chi connectivity index (χ1v) is 12.6. The molecule has 4 rings (SSSR count). The van der Waals surface area contributed by atoms with Gasteiger partial charge in [0.2, 0.25) is 15.9 Å². The number of anilines is 1. The van der Waals surface area contributed by atoms with Crippen molar-refractivity contribution in [3.63, 3.8) is 0 Å². The summed E-state index contributed by atoms with van der Waals surface area (Å²) in [6.45, 7) is 5.45. The highest BCUT2D eigenvalue weighted by molar-refractivity contribution is 8.00. The molecule has 28 heavy (non-hydrogen) atoms. The molecule has 3 aliphatic heterocycles. The molecule has 0 aromatic heterocycles. The summed E-state index contributed by atoms with van der Waals surface area (Å²) in [7, 11) is -3.54. The molecule has 0 unspecified atom stereocenters. The van der Waals surface area contributed by atoms with Gasteiger partial charge in [0.1, 0.15) is 0 Å². The Labute approximate surface area is 172 Å². The molecule has 0 aliphatic carbocycles. The van der Waals surface area contributed by atoms with Crippen molar-refractivity contribution < 1.29 is 13.2 Å². The molecule has 2 fully saturated rings. The van der Waals surface area contributed by atoms with E-state index in [0.29, 0.717) is 31.2 Å². The molecule has 1 N–H and O–H groups in total. The summed E-state index contributed by atoms with van der Waals surface area (Å²) in [5.74, 6) is -0.0596. The largest absolute Gasteiger partial charge is 0.325 e. The quantitative estimate of drug-likeness (QED) is 0.809. The maximum absolute atomic E-state index is 13.2. The van der Waals surface area contributed by atoms with E-state index in [1.54, 1.807) is 28.2 Å². The van der Waals surface area contributed by atoms with Gasteiger partial charge >= 0.3 is 0 Å². The van der Waals surface area contributed by atoms with E-state index in [9.17, 15) is 13.2 Å². The molecule has 3 heterocycles. The fourth-order valence-corrected chi connectivity index (χ4v) is 7.02. The van der Waals surface area contributed by atoms with E-state index in [4.69, 9.17) is 0 Å². The van der Waals surface area contributed by atoms with Gasteiger partial charge in [-0.1, -0.05) is 13.3 Å². The van der Waals surface area contributed by atoms with Crippen molar-refractivity contribution in [2.24, 2.45) is 0 Å². The predicted molar refractivity (Wildman–Crippen MR) is 112 cm³/mol. The smallest absolute Gasteiger partial charge is 0.243 e. The molecule has 2 saturated heterocycles. The maximum atomic E-state index is 13.2. The zero-order chi connectivity index (χ0) is 19.7. The van der Waals surface area contributed by atoms with E-state index >= 15 is 0 Å². The normalized spacial score (nSPS) is 25.8. The van der Waals surface area contributed by atoms with E-state index in [1.807, 2.05) is 13.0 Å². The Morgan fingerprint density at radius 3 is 2.50 bits per heavy atom. The number of carbonyl (C=O) groups excluding carboxylic acids is 1.